The second-order valence-electron chi connectivity index (χ2n) is 7.81. The molecule has 31 heavy (non-hydrogen) atoms. The molecule has 1 fully saturated rings. The van der Waals surface area contributed by atoms with Gasteiger partial charge < -0.3 is 8.98 Å². The Kier molecular flexibility index (Phi) is 5.23. The molecular formula is C23H23N5O2S. The van der Waals surface area contributed by atoms with Gasteiger partial charge in [-0.3, -0.25) is 14.3 Å². The molecule has 0 bridgehead atoms. The van der Waals surface area contributed by atoms with Crippen LogP contribution in [0.2, 0.25) is 0 Å². The van der Waals surface area contributed by atoms with Crippen molar-refractivity contribution in [1.82, 2.24) is 24.3 Å². The first-order valence-electron chi connectivity index (χ1n) is 10.3. The average Bonchev–Trinajstić information content (AvgIpc) is 3.19. The van der Waals surface area contributed by atoms with Crippen LogP contribution in [0.5, 0.6) is 0 Å². The summed E-state index contributed by atoms with van der Waals surface area (Å²) >= 11 is 1.40. The molecule has 0 saturated heterocycles. The molecule has 0 unspecified atom stereocenters. The zero-order chi connectivity index (χ0) is 21.4. The second-order valence-corrected chi connectivity index (χ2v) is 8.75. The van der Waals surface area contributed by atoms with E-state index in [4.69, 9.17) is 4.42 Å². The fourth-order valence-electron chi connectivity index (χ4n) is 3.97. The molecule has 4 aromatic heterocycles. The van der Waals surface area contributed by atoms with E-state index in [0.717, 1.165) is 28.3 Å². The molecule has 158 valence electrons. The summed E-state index contributed by atoms with van der Waals surface area (Å²) in [7, 11) is 0. The molecule has 5 rings (SSSR count). The summed E-state index contributed by atoms with van der Waals surface area (Å²) in [5.74, 6) is 1.91. The van der Waals surface area contributed by atoms with Crippen LogP contribution < -0.4 is 0 Å². The van der Waals surface area contributed by atoms with E-state index in [9.17, 15) is 4.79 Å². The summed E-state index contributed by atoms with van der Waals surface area (Å²) in [5, 5.41) is 9.43. The van der Waals surface area contributed by atoms with Gasteiger partial charge in [-0.2, -0.15) is 0 Å². The highest BCUT2D eigenvalue weighted by molar-refractivity contribution is 7.99. The third-order valence-corrected chi connectivity index (χ3v) is 6.53. The van der Waals surface area contributed by atoms with Gasteiger partial charge in [0.15, 0.2) is 16.8 Å². The summed E-state index contributed by atoms with van der Waals surface area (Å²) in [6.45, 7) is 4.61. The van der Waals surface area contributed by atoms with Gasteiger partial charge >= 0.3 is 0 Å². The van der Waals surface area contributed by atoms with E-state index < -0.39 is 0 Å². The number of carbonyl (C=O) groups is 1. The third-order valence-electron chi connectivity index (χ3n) is 5.56. The Bertz CT molecular complexity index is 1210. The number of hydrogen-bond acceptors (Lipinski definition) is 6. The van der Waals surface area contributed by atoms with Gasteiger partial charge in [0, 0.05) is 41.0 Å². The molecule has 1 saturated carbocycles. The molecule has 7 nitrogen and oxygen atoms in total. The van der Waals surface area contributed by atoms with Gasteiger partial charge in [0.05, 0.1) is 18.6 Å². The maximum absolute atomic E-state index is 13.0. The Hall–Kier alpha value is -3.13. The number of carbonyl (C=O) groups excluding carboxylic acids is 1. The number of nitrogens with zero attached hydrogens (tertiary/aromatic N) is 5. The van der Waals surface area contributed by atoms with Gasteiger partial charge in [-0.25, -0.2) is 0 Å². The number of thioether (sulfide) groups is 1. The maximum atomic E-state index is 13.0. The van der Waals surface area contributed by atoms with Crippen LogP contribution in [-0.2, 0) is 6.54 Å². The van der Waals surface area contributed by atoms with E-state index in [1.165, 1.54) is 24.6 Å². The standard InChI is InChI=1S/C23H23N5O2S/c1-15-11-20(16(2)28(15)18-7-8-18)21(29)14-31-23-26-25-22(17-5-3-9-24-12-17)27(23)13-19-6-4-10-30-19/h3-6,9-12,18H,7-8,13-14H2,1-2H3. The van der Waals surface area contributed by atoms with Gasteiger partial charge in [-0.1, -0.05) is 11.8 Å². The lowest BCUT2D eigenvalue weighted by atomic mass is 10.2. The number of pyridine rings is 1. The quantitative estimate of drug-likeness (QED) is 0.296. The summed E-state index contributed by atoms with van der Waals surface area (Å²) in [6, 6.07) is 10.2. The topological polar surface area (TPSA) is 78.7 Å². The van der Waals surface area contributed by atoms with E-state index in [-0.39, 0.29) is 5.78 Å². The maximum Gasteiger partial charge on any atom is 0.192 e. The Morgan fingerprint density at radius 2 is 2.10 bits per heavy atom. The lowest BCUT2D eigenvalue weighted by Crippen LogP contribution is -2.08. The van der Waals surface area contributed by atoms with Crippen LogP contribution in [0.1, 0.15) is 46.4 Å². The number of Topliss-reactive ketones (excluding diaryl/α,β-unsaturated/α-hetero) is 1. The van der Waals surface area contributed by atoms with Crippen molar-refractivity contribution in [2.24, 2.45) is 0 Å². The van der Waals surface area contributed by atoms with E-state index in [1.54, 1.807) is 18.7 Å². The predicted molar refractivity (Wildman–Crippen MR) is 118 cm³/mol. The number of rotatable bonds is 8. The molecule has 0 spiro atoms. The number of ketones is 1. The van der Waals surface area contributed by atoms with Crippen molar-refractivity contribution in [2.45, 2.75) is 44.4 Å². The highest BCUT2D eigenvalue weighted by atomic mass is 32.2. The first kappa shape index (κ1) is 19.8. The average molecular weight is 434 g/mol. The molecular weight excluding hydrogens is 410 g/mol. The predicted octanol–water partition coefficient (Wildman–Crippen LogP) is 4.71. The van der Waals surface area contributed by atoms with Gasteiger partial charge in [0.2, 0.25) is 0 Å². The first-order valence-corrected chi connectivity index (χ1v) is 11.3. The highest BCUT2D eigenvalue weighted by Crippen LogP contribution is 2.38. The third kappa shape index (κ3) is 3.95. The molecule has 8 heteroatoms. The zero-order valence-corrected chi connectivity index (χ0v) is 18.3. The Labute approximate surface area is 184 Å². The SMILES string of the molecule is Cc1cc(C(=O)CSc2nnc(-c3cccnc3)n2Cc2ccco2)c(C)n1C1CC1. The van der Waals surface area contributed by atoms with Crippen LogP contribution in [0.3, 0.4) is 0 Å². The Morgan fingerprint density at radius 1 is 1.23 bits per heavy atom. The van der Waals surface area contributed by atoms with E-state index in [1.807, 2.05) is 41.8 Å². The summed E-state index contributed by atoms with van der Waals surface area (Å²) in [5.41, 5.74) is 3.90. The first-order chi connectivity index (χ1) is 15.1. The van der Waals surface area contributed by atoms with Crippen molar-refractivity contribution in [3.8, 4) is 11.4 Å². The summed E-state index contributed by atoms with van der Waals surface area (Å²) in [4.78, 5) is 17.2. The number of furan rings is 1. The van der Waals surface area contributed by atoms with E-state index in [0.29, 0.717) is 29.3 Å². The van der Waals surface area contributed by atoms with Crippen molar-refractivity contribution in [3.63, 3.8) is 0 Å². The van der Waals surface area contributed by atoms with Crippen LogP contribution in [0.15, 0.2) is 58.6 Å². The number of aromatic nitrogens is 5. The van der Waals surface area contributed by atoms with Crippen molar-refractivity contribution in [2.75, 3.05) is 5.75 Å². The van der Waals surface area contributed by atoms with Crippen LogP contribution in [0, 0.1) is 13.8 Å². The van der Waals surface area contributed by atoms with Crippen LogP contribution in [0.25, 0.3) is 11.4 Å². The van der Waals surface area contributed by atoms with Crippen molar-refractivity contribution >= 4 is 17.5 Å². The van der Waals surface area contributed by atoms with Crippen LogP contribution in [-0.4, -0.2) is 35.9 Å². The number of hydrogen-bond donors (Lipinski definition) is 0. The smallest absolute Gasteiger partial charge is 0.192 e. The van der Waals surface area contributed by atoms with Crippen molar-refractivity contribution in [1.29, 1.82) is 0 Å². The molecule has 4 heterocycles. The molecule has 0 radical (unpaired) electrons. The second kappa shape index (κ2) is 8.19. The molecule has 0 aromatic carbocycles. The van der Waals surface area contributed by atoms with E-state index >= 15 is 0 Å². The van der Waals surface area contributed by atoms with Gasteiger partial charge in [-0.05, 0) is 57.0 Å². The summed E-state index contributed by atoms with van der Waals surface area (Å²) in [6.07, 6.45) is 7.53. The normalized spacial score (nSPS) is 13.6. The molecule has 1 aliphatic carbocycles. The highest BCUT2D eigenvalue weighted by Gasteiger charge is 2.28. The number of aryl methyl sites for hydroxylation is 1. The monoisotopic (exact) mass is 433 g/mol. The van der Waals surface area contributed by atoms with Gasteiger partial charge in [0.25, 0.3) is 0 Å². The van der Waals surface area contributed by atoms with Crippen LogP contribution in [0.4, 0.5) is 0 Å². The van der Waals surface area contributed by atoms with Crippen molar-refractivity contribution < 1.29 is 9.21 Å². The zero-order valence-electron chi connectivity index (χ0n) is 17.5. The largest absolute Gasteiger partial charge is 0.467 e. The molecule has 0 aliphatic heterocycles. The fourth-order valence-corrected chi connectivity index (χ4v) is 4.79. The molecule has 4 aromatic rings. The molecule has 0 atom stereocenters. The minimum absolute atomic E-state index is 0.112. The lowest BCUT2D eigenvalue weighted by Gasteiger charge is -2.09. The minimum Gasteiger partial charge on any atom is -0.467 e. The Balaban J connectivity index is 1.39. The van der Waals surface area contributed by atoms with E-state index in [2.05, 4.69) is 26.7 Å². The molecule has 0 amide bonds. The lowest BCUT2D eigenvalue weighted by molar-refractivity contribution is 0.102. The van der Waals surface area contributed by atoms with Crippen molar-refractivity contribution in [3.05, 3.63) is 71.7 Å². The molecule has 1 aliphatic rings. The summed E-state index contributed by atoms with van der Waals surface area (Å²) < 4.78 is 9.81. The van der Waals surface area contributed by atoms with Crippen LogP contribution >= 0.6 is 11.8 Å². The van der Waals surface area contributed by atoms with Gasteiger partial charge in [-0.15, -0.1) is 10.2 Å². The molecule has 0 N–H and O–H groups in total. The van der Waals surface area contributed by atoms with Gasteiger partial charge in [0.1, 0.15) is 5.76 Å². The minimum atomic E-state index is 0.112. The fraction of sp³-hybridized carbons (Fsp3) is 0.304. The Morgan fingerprint density at radius 3 is 2.81 bits per heavy atom.